The van der Waals surface area contributed by atoms with E-state index in [2.05, 4.69) is 38.3 Å². The van der Waals surface area contributed by atoms with Crippen molar-refractivity contribution >= 4 is 0 Å². The van der Waals surface area contributed by atoms with Crippen LogP contribution in [-0.2, 0) is 0 Å². The first-order chi connectivity index (χ1) is 3.72. The Morgan fingerprint density at radius 2 is 2.12 bits per heavy atom. The molecule has 0 saturated carbocycles. The van der Waals surface area contributed by atoms with E-state index in [0.717, 1.165) is 6.54 Å². The van der Waals surface area contributed by atoms with Gasteiger partial charge in [-0.2, -0.15) is 0 Å². The summed E-state index contributed by atoms with van der Waals surface area (Å²) < 4.78 is 0. The summed E-state index contributed by atoms with van der Waals surface area (Å²) in [5.41, 5.74) is 2.83. The highest BCUT2D eigenvalue weighted by Crippen LogP contribution is 1.89. The fourth-order valence-corrected chi connectivity index (χ4v) is 0.660. The smallest absolute Gasteiger partial charge is 0.0242 e. The second-order valence-corrected chi connectivity index (χ2v) is 2.04. The van der Waals surface area contributed by atoms with Crippen molar-refractivity contribution in [3.63, 3.8) is 0 Å². The summed E-state index contributed by atoms with van der Waals surface area (Å²) >= 11 is 0. The predicted molar refractivity (Wildman–Crippen MR) is 36.0 cm³/mol. The van der Waals surface area contributed by atoms with Gasteiger partial charge in [0.25, 0.3) is 0 Å². The van der Waals surface area contributed by atoms with Crippen molar-refractivity contribution in [1.82, 2.24) is 10.4 Å². The molecule has 0 unspecified atom stereocenters. The summed E-state index contributed by atoms with van der Waals surface area (Å²) in [5, 5.41) is 2.06. The second-order valence-electron chi connectivity index (χ2n) is 2.04. The molecule has 0 heterocycles. The van der Waals surface area contributed by atoms with Gasteiger partial charge in [0.1, 0.15) is 0 Å². The summed E-state index contributed by atoms with van der Waals surface area (Å²) in [6, 6.07) is 0.539. The standard InChI is InChI=1S/C6H15N2/c1-5-8(7-4)6(2)3/h6-7H,4-5H2,1-3H3. The van der Waals surface area contributed by atoms with Gasteiger partial charge in [-0.15, -0.1) is 0 Å². The van der Waals surface area contributed by atoms with E-state index >= 15 is 0 Å². The van der Waals surface area contributed by atoms with Crippen molar-refractivity contribution in [3.05, 3.63) is 7.05 Å². The molecule has 0 aliphatic heterocycles. The van der Waals surface area contributed by atoms with Crippen LogP contribution in [-0.4, -0.2) is 17.6 Å². The van der Waals surface area contributed by atoms with Crippen LogP contribution in [0.2, 0.25) is 0 Å². The fraction of sp³-hybridized carbons (Fsp3) is 0.833. The highest BCUT2D eigenvalue weighted by Gasteiger charge is 2.00. The van der Waals surface area contributed by atoms with Crippen LogP contribution < -0.4 is 5.43 Å². The lowest BCUT2D eigenvalue weighted by Gasteiger charge is -2.22. The highest BCUT2D eigenvalue weighted by molar-refractivity contribution is 4.52. The molecular formula is C6H15N2. The molecule has 49 valence electrons. The average molecular weight is 115 g/mol. The number of hydrogen-bond donors (Lipinski definition) is 1. The van der Waals surface area contributed by atoms with Crippen molar-refractivity contribution in [2.75, 3.05) is 6.54 Å². The van der Waals surface area contributed by atoms with Crippen LogP contribution >= 0.6 is 0 Å². The number of hydrazine groups is 1. The molecule has 0 fully saturated rings. The maximum absolute atomic E-state index is 3.55. The molecule has 0 spiro atoms. The van der Waals surface area contributed by atoms with Crippen LogP contribution in [0, 0.1) is 7.05 Å². The Morgan fingerprint density at radius 3 is 2.12 bits per heavy atom. The molecule has 2 heteroatoms. The minimum Gasteiger partial charge on any atom is -0.254 e. The van der Waals surface area contributed by atoms with Gasteiger partial charge < -0.3 is 0 Å². The Balaban J connectivity index is 3.35. The first kappa shape index (κ1) is 7.92. The molecule has 0 saturated heterocycles. The van der Waals surface area contributed by atoms with E-state index in [1.165, 1.54) is 0 Å². The molecular weight excluding hydrogens is 100 g/mol. The lowest BCUT2D eigenvalue weighted by molar-refractivity contribution is 0.181. The van der Waals surface area contributed by atoms with E-state index in [1.807, 2.05) is 0 Å². The van der Waals surface area contributed by atoms with Crippen LogP contribution in [0.4, 0.5) is 0 Å². The molecule has 1 radical (unpaired) electrons. The zero-order chi connectivity index (χ0) is 6.57. The summed E-state index contributed by atoms with van der Waals surface area (Å²) in [7, 11) is 3.55. The Morgan fingerprint density at radius 1 is 1.62 bits per heavy atom. The highest BCUT2D eigenvalue weighted by atomic mass is 15.5. The first-order valence-electron chi connectivity index (χ1n) is 3.01. The summed E-state index contributed by atoms with van der Waals surface area (Å²) in [4.78, 5) is 0. The summed E-state index contributed by atoms with van der Waals surface area (Å²) in [6.45, 7) is 7.35. The largest absolute Gasteiger partial charge is 0.254 e. The molecule has 0 aromatic rings. The minimum absolute atomic E-state index is 0.539. The molecule has 0 aliphatic rings. The van der Waals surface area contributed by atoms with Crippen LogP contribution in [0.25, 0.3) is 0 Å². The van der Waals surface area contributed by atoms with Gasteiger partial charge in [0, 0.05) is 19.6 Å². The van der Waals surface area contributed by atoms with Crippen molar-refractivity contribution in [2.24, 2.45) is 0 Å². The number of nitrogens with zero attached hydrogens (tertiary/aromatic N) is 1. The lowest BCUT2D eigenvalue weighted by Crippen LogP contribution is -2.38. The van der Waals surface area contributed by atoms with Gasteiger partial charge in [-0.05, 0) is 13.8 Å². The van der Waals surface area contributed by atoms with E-state index in [1.54, 1.807) is 0 Å². The van der Waals surface area contributed by atoms with Gasteiger partial charge in [-0.25, -0.2) is 5.01 Å². The van der Waals surface area contributed by atoms with E-state index in [4.69, 9.17) is 0 Å². The minimum atomic E-state index is 0.539. The van der Waals surface area contributed by atoms with Crippen molar-refractivity contribution < 1.29 is 0 Å². The molecule has 0 aromatic heterocycles. The average Bonchev–Trinajstić information content (AvgIpc) is 1.69. The second kappa shape index (κ2) is 3.87. The number of nitrogens with one attached hydrogen (secondary N) is 1. The van der Waals surface area contributed by atoms with E-state index in [0.29, 0.717) is 6.04 Å². The molecule has 2 nitrogen and oxygen atoms in total. The number of hydrogen-bond acceptors (Lipinski definition) is 2. The van der Waals surface area contributed by atoms with Crippen LogP contribution in [0.1, 0.15) is 20.8 Å². The maximum Gasteiger partial charge on any atom is 0.0242 e. The van der Waals surface area contributed by atoms with E-state index in [9.17, 15) is 0 Å². The Labute approximate surface area is 51.8 Å². The van der Waals surface area contributed by atoms with Crippen LogP contribution in [0.5, 0.6) is 0 Å². The molecule has 0 aliphatic carbocycles. The van der Waals surface area contributed by atoms with Gasteiger partial charge in [0.2, 0.25) is 0 Å². The van der Waals surface area contributed by atoms with Crippen molar-refractivity contribution in [3.8, 4) is 0 Å². The predicted octanol–water partition coefficient (Wildman–Crippen LogP) is 1.01. The van der Waals surface area contributed by atoms with Crippen molar-refractivity contribution in [2.45, 2.75) is 26.8 Å². The van der Waals surface area contributed by atoms with Gasteiger partial charge >= 0.3 is 0 Å². The van der Waals surface area contributed by atoms with Crippen molar-refractivity contribution in [1.29, 1.82) is 0 Å². The Kier molecular flexibility index (Phi) is 3.83. The number of rotatable bonds is 3. The molecule has 0 bridgehead atoms. The molecule has 0 rings (SSSR count). The van der Waals surface area contributed by atoms with E-state index < -0.39 is 0 Å². The van der Waals surface area contributed by atoms with Crippen LogP contribution in [0.3, 0.4) is 0 Å². The van der Waals surface area contributed by atoms with Gasteiger partial charge in [0.05, 0.1) is 0 Å². The first-order valence-corrected chi connectivity index (χ1v) is 3.01. The quantitative estimate of drug-likeness (QED) is 0.552. The Bertz CT molecular complexity index is 48.5. The molecule has 8 heavy (non-hydrogen) atoms. The molecule has 0 aromatic carbocycles. The molecule has 0 atom stereocenters. The summed E-state index contributed by atoms with van der Waals surface area (Å²) in [6.07, 6.45) is 0. The molecule has 0 amide bonds. The maximum atomic E-state index is 3.55. The monoisotopic (exact) mass is 115 g/mol. The zero-order valence-electron chi connectivity index (χ0n) is 5.94. The van der Waals surface area contributed by atoms with Gasteiger partial charge in [-0.3, -0.25) is 5.43 Å². The van der Waals surface area contributed by atoms with Gasteiger partial charge in [0.15, 0.2) is 0 Å². The molecule has 1 N–H and O–H groups in total. The van der Waals surface area contributed by atoms with Gasteiger partial charge in [-0.1, -0.05) is 6.92 Å². The third-order valence-electron chi connectivity index (χ3n) is 1.17. The fourth-order valence-electron chi connectivity index (χ4n) is 0.660. The SMILES string of the molecule is [CH2]NN(CC)C(C)C. The third kappa shape index (κ3) is 2.28. The van der Waals surface area contributed by atoms with Crippen LogP contribution in [0.15, 0.2) is 0 Å². The topological polar surface area (TPSA) is 15.3 Å². The third-order valence-corrected chi connectivity index (χ3v) is 1.17. The normalized spacial score (nSPS) is 11.2. The Hall–Kier alpha value is -0.0800. The summed E-state index contributed by atoms with van der Waals surface area (Å²) in [5.74, 6) is 0. The zero-order valence-corrected chi connectivity index (χ0v) is 5.94. The lowest BCUT2D eigenvalue weighted by atomic mass is 10.4. The van der Waals surface area contributed by atoms with E-state index in [-0.39, 0.29) is 0 Å².